The van der Waals surface area contributed by atoms with Crippen molar-refractivity contribution in [1.82, 2.24) is 14.7 Å². The summed E-state index contributed by atoms with van der Waals surface area (Å²) >= 11 is 0. The van der Waals surface area contributed by atoms with E-state index in [4.69, 9.17) is 9.84 Å². The van der Waals surface area contributed by atoms with E-state index in [1.807, 2.05) is 55.5 Å². The number of ether oxygens (including phenoxy) is 1. The van der Waals surface area contributed by atoms with E-state index in [1.165, 1.54) is 0 Å². The van der Waals surface area contributed by atoms with Gasteiger partial charge >= 0.3 is 5.97 Å². The Morgan fingerprint density at radius 3 is 2.42 bits per heavy atom. The smallest absolute Gasteiger partial charge is 0.354 e. The molecule has 0 saturated heterocycles. The minimum absolute atomic E-state index is 0.202. The quantitative estimate of drug-likeness (QED) is 0.637. The van der Waals surface area contributed by atoms with Crippen LogP contribution in [0.25, 0.3) is 11.4 Å². The third-order valence-electron chi connectivity index (χ3n) is 5.57. The molecule has 0 amide bonds. The first-order valence-electron chi connectivity index (χ1n) is 10.2. The number of aliphatic carboxylic acids is 1. The molecule has 1 aromatic heterocycles. The van der Waals surface area contributed by atoms with Gasteiger partial charge in [0.25, 0.3) is 0 Å². The highest BCUT2D eigenvalue weighted by atomic mass is 16.5. The number of aryl methyl sites for hydroxylation is 2. The average molecular weight is 414 g/mol. The highest BCUT2D eigenvalue weighted by Crippen LogP contribution is 2.22. The Balaban J connectivity index is 1.61. The lowest BCUT2D eigenvalue weighted by Crippen LogP contribution is -2.45. The van der Waals surface area contributed by atoms with Crippen molar-refractivity contribution in [2.75, 3.05) is 6.54 Å². The highest BCUT2D eigenvalue weighted by Gasteiger charge is 2.34. The van der Waals surface area contributed by atoms with Crippen molar-refractivity contribution in [3.05, 3.63) is 82.4 Å². The van der Waals surface area contributed by atoms with Gasteiger partial charge in [-0.15, -0.1) is 5.10 Å². The van der Waals surface area contributed by atoms with Gasteiger partial charge in [0, 0.05) is 6.54 Å². The SMILES string of the molecule is CC1=NC2=c3c(OCc4ccccc4)nn(CCc4ccccc4)c3=C(C(=O)O)N1C2. The lowest BCUT2D eigenvalue weighted by atomic mass is 10.1. The summed E-state index contributed by atoms with van der Waals surface area (Å²) in [5.41, 5.74) is 3.18. The Morgan fingerprint density at radius 1 is 1.06 bits per heavy atom. The Labute approximate surface area is 179 Å². The van der Waals surface area contributed by atoms with Crippen LogP contribution < -0.4 is 15.3 Å². The van der Waals surface area contributed by atoms with E-state index in [-0.39, 0.29) is 5.70 Å². The molecule has 2 bridgehead atoms. The van der Waals surface area contributed by atoms with Crippen LogP contribution in [0.3, 0.4) is 0 Å². The molecule has 2 aliphatic rings. The molecule has 5 rings (SSSR count). The average Bonchev–Trinajstić information content (AvgIpc) is 3.31. The number of fused-ring (bicyclic) bond motifs is 3. The van der Waals surface area contributed by atoms with Gasteiger partial charge in [-0.05, 0) is 24.5 Å². The molecule has 7 heteroatoms. The number of hydrogen-bond donors (Lipinski definition) is 1. The first-order chi connectivity index (χ1) is 15.1. The van der Waals surface area contributed by atoms with Gasteiger partial charge in [0.05, 0.1) is 17.5 Å². The topological polar surface area (TPSA) is 80.0 Å². The fourth-order valence-corrected chi connectivity index (χ4v) is 4.08. The van der Waals surface area contributed by atoms with Gasteiger partial charge in [0.2, 0.25) is 5.88 Å². The van der Waals surface area contributed by atoms with Crippen molar-refractivity contribution < 1.29 is 14.6 Å². The van der Waals surface area contributed by atoms with Crippen LogP contribution in [0, 0.1) is 0 Å². The molecule has 0 radical (unpaired) electrons. The van der Waals surface area contributed by atoms with Crippen molar-refractivity contribution in [2.24, 2.45) is 4.99 Å². The van der Waals surface area contributed by atoms with Crippen molar-refractivity contribution >= 4 is 23.2 Å². The molecule has 0 saturated carbocycles. The standard InChI is InChI=1S/C24H22N4O3/c1-16-25-19-14-27(16)22(24(29)30)21-20(19)23(31-15-18-10-6-3-7-11-18)26-28(21)13-12-17-8-4-2-5-9-17/h2-11H,12-15H2,1H3,(H,29,30). The predicted molar refractivity (Wildman–Crippen MR) is 117 cm³/mol. The zero-order valence-corrected chi connectivity index (χ0v) is 17.2. The number of carboxylic acid groups (broad SMARTS) is 1. The number of hydrogen-bond acceptors (Lipinski definition) is 5. The molecule has 0 spiro atoms. The molecule has 3 aromatic rings. The van der Waals surface area contributed by atoms with Crippen molar-refractivity contribution in [1.29, 1.82) is 0 Å². The lowest BCUT2D eigenvalue weighted by molar-refractivity contribution is -0.131. The molecule has 0 fully saturated rings. The van der Waals surface area contributed by atoms with Crippen LogP contribution in [0.2, 0.25) is 0 Å². The largest absolute Gasteiger partial charge is 0.477 e. The lowest BCUT2D eigenvalue weighted by Gasteiger charge is -2.20. The van der Waals surface area contributed by atoms with Gasteiger partial charge in [-0.3, -0.25) is 4.68 Å². The third kappa shape index (κ3) is 3.48. The fraction of sp³-hybridized carbons (Fsp3) is 0.208. The van der Waals surface area contributed by atoms with Crippen molar-refractivity contribution in [3.63, 3.8) is 0 Å². The van der Waals surface area contributed by atoms with E-state index < -0.39 is 5.97 Å². The van der Waals surface area contributed by atoms with E-state index in [2.05, 4.69) is 17.1 Å². The zero-order valence-electron chi connectivity index (χ0n) is 17.2. The van der Waals surface area contributed by atoms with E-state index >= 15 is 0 Å². The van der Waals surface area contributed by atoms with E-state index in [1.54, 1.807) is 9.58 Å². The number of nitrogens with zero attached hydrogens (tertiary/aromatic N) is 4. The second-order valence-electron chi connectivity index (χ2n) is 7.61. The molecular formula is C24H22N4O3. The van der Waals surface area contributed by atoms with E-state index in [9.17, 15) is 9.90 Å². The molecule has 2 aromatic carbocycles. The van der Waals surface area contributed by atoms with Gasteiger partial charge in [0.15, 0.2) is 5.70 Å². The van der Waals surface area contributed by atoms with Crippen LogP contribution in [-0.2, 0) is 24.4 Å². The summed E-state index contributed by atoms with van der Waals surface area (Å²) in [5, 5.41) is 16.0. The number of aromatic nitrogens is 2. The van der Waals surface area contributed by atoms with Crippen molar-refractivity contribution in [2.45, 2.75) is 26.5 Å². The summed E-state index contributed by atoms with van der Waals surface area (Å²) in [6, 6.07) is 19.9. The van der Waals surface area contributed by atoms with Crippen molar-refractivity contribution in [3.8, 4) is 5.88 Å². The number of carbonyl (C=O) groups is 1. The predicted octanol–water partition coefficient (Wildman–Crippen LogP) is 1.75. The fourth-order valence-electron chi connectivity index (χ4n) is 4.08. The summed E-state index contributed by atoms with van der Waals surface area (Å²) in [6.07, 6.45) is 0.731. The third-order valence-corrected chi connectivity index (χ3v) is 5.57. The number of benzene rings is 2. The van der Waals surface area contributed by atoms with E-state index in [0.717, 1.165) is 23.2 Å². The molecule has 1 N–H and O–H groups in total. The second kappa shape index (κ2) is 7.75. The van der Waals surface area contributed by atoms with Gasteiger partial charge in [-0.1, -0.05) is 60.7 Å². The molecular weight excluding hydrogens is 392 g/mol. The normalized spacial score (nSPS) is 14.5. The maximum Gasteiger partial charge on any atom is 0.354 e. The molecule has 31 heavy (non-hydrogen) atoms. The Morgan fingerprint density at radius 2 is 1.74 bits per heavy atom. The summed E-state index contributed by atoms with van der Waals surface area (Å²) in [6.45, 7) is 3.14. The van der Waals surface area contributed by atoms with Crippen LogP contribution in [0.5, 0.6) is 5.88 Å². The summed E-state index contributed by atoms with van der Waals surface area (Å²) < 4.78 is 7.85. The molecule has 0 unspecified atom stereocenters. The molecule has 3 heterocycles. The maximum atomic E-state index is 12.2. The Kier molecular flexibility index (Phi) is 4.78. The minimum atomic E-state index is -0.993. The first-order valence-corrected chi connectivity index (χ1v) is 10.2. The van der Waals surface area contributed by atoms with E-state index in [0.29, 0.717) is 42.0 Å². The highest BCUT2D eigenvalue weighted by molar-refractivity contribution is 6.14. The first kappa shape index (κ1) is 19.1. The maximum absolute atomic E-state index is 12.2. The monoisotopic (exact) mass is 414 g/mol. The number of carboxylic acids is 1. The summed E-state index contributed by atoms with van der Waals surface area (Å²) in [7, 11) is 0. The van der Waals surface area contributed by atoms with Crippen LogP contribution >= 0.6 is 0 Å². The van der Waals surface area contributed by atoms with Crippen LogP contribution in [-0.4, -0.2) is 38.1 Å². The molecule has 0 atom stereocenters. The number of rotatable bonds is 7. The summed E-state index contributed by atoms with van der Waals surface area (Å²) in [4.78, 5) is 18.6. The number of aliphatic imine (C=N–C) groups is 1. The van der Waals surface area contributed by atoms with Gasteiger partial charge in [-0.2, -0.15) is 0 Å². The Hall–Kier alpha value is -3.87. The van der Waals surface area contributed by atoms with Crippen LogP contribution in [0.1, 0.15) is 18.1 Å². The second-order valence-corrected chi connectivity index (χ2v) is 7.61. The minimum Gasteiger partial charge on any atom is -0.477 e. The summed E-state index contributed by atoms with van der Waals surface area (Å²) in [5.74, 6) is 0.109. The molecule has 0 aliphatic carbocycles. The van der Waals surface area contributed by atoms with Crippen LogP contribution in [0.15, 0.2) is 65.7 Å². The van der Waals surface area contributed by atoms with Crippen LogP contribution in [0.4, 0.5) is 0 Å². The zero-order chi connectivity index (χ0) is 21.4. The molecule has 7 nitrogen and oxygen atoms in total. The van der Waals surface area contributed by atoms with Gasteiger partial charge in [-0.25, -0.2) is 9.79 Å². The Bertz CT molecular complexity index is 1290. The van der Waals surface area contributed by atoms with Gasteiger partial charge in [0.1, 0.15) is 17.8 Å². The van der Waals surface area contributed by atoms with Gasteiger partial charge < -0.3 is 14.7 Å². The molecule has 2 aliphatic heterocycles. The molecule has 156 valence electrons. The number of amidine groups is 1.